The van der Waals surface area contributed by atoms with Crippen LogP contribution in [-0.4, -0.2) is 46.5 Å². The van der Waals surface area contributed by atoms with E-state index in [-0.39, 0.29) is 0 Å². The molecule has 0 aliphatic rings. The van der Waals surface area contributed by atoms with E-state index >= 15 is 0 Å². The van der Waals surface area contributed by atoms with Crippen molar-refractivity contribution in [2.75, 3.05) is 41.6 Å². The average Bonchev–Trinajstić information content (AvgIpc) is 2.05. The van der Waals surface area contributed by atoms with Gasteiger partial charge in [-0.25, -0.2) is 5.48 Å². The van der Waals surface area contributed by atoms with E-state index in [9.17, 15) is 0 Å². The van der Waals surface area contributed by atoms with Crippen LogP contribution >= 0.6 is 0 Å². The highest BCUT2D eigenvalue weighted by atomic mass is 16.6. The summed E-state index contributed by atoms with van der Waals surface area (Å²) in [6.07, 6.45) is 1.13. The first-order valence-electron chi connectivity index (χ1n) is 4.96. The third-order valence-electron chi connectivity index (χ3n) is 1.33. The van der Waals surface area contributed by atoms with Crippen LogP contribution in [0.15, 0.2) is 0 Å². The van der Waals surface area contributed by atoms with Crippen molar-refractivity contribution in [3.05, 3.63) is 0 Å². The second kappa shape index (κ2) is 12.8. The van der Waals surface area contributed by atoms with Crippen molar-refractivity contribution in [3.63, 3.8) is 0 Å². The van der Waals surface area contributed by atoms with Gasteiger partial charge < -0.3 is 9.57 Å². The molecule has 0 unspecified atom stereocenters. The molecule has 1 N–H and O–H groups in total. The molecular formula is C10H26N2O2. The quantitative estimate of drug-likeness (QED) is 0.404. The molecule has 0 aromatic heterocycles. The van der Waals surface area contributed by atoms with Gasteiger partial charge in [0.1, 0.15) is 0 Å². The van der Waals surface area contributed by atoms with E-state index in [2.05, 4.69) is 19.3 Å². The maximum atomic E-state index is 4.89. The van der Waals surface area contributed by atoms with Gasteiger partial charge in [-0.15, -0.1) is 0 Å². The first-order chi connectivity index (χ1) is 6.54. The fourth-order valence-electron chi connectivity index (χ4n) is 0.655. The highest BCUT2D eigenvalue weighted by Gasteiger charge is 1.90. The van der Waals surface area contributed by atoms with Gasteiger partial charge in [-0.2, -0.15) is 0 Å². The smallest absolute Gasteiger partial charge is 0.0981 e. The summed E-state index contributed by atoms with van der Waals surface area (Å²) >= 11 is 0. The number of hydrogen-bond donors (Lipinski definition) is 1. The van der Waals surface area contributed by atoms with Crippen LogP contribution in [0.2, 0.25) is 0 Å². The lowest BCUT2D eigenvalue weighted by Crippen LogP contribution is -2.13. The van der Waals surface area contributed by atoms with Crippen LogP contribution in [0.5, 0.6) is 0 Å². The Bertz CT molecular complexity index is 98.1. The predicted octanol–water partition coefficient (Wildman–Crippen LogP) is 1.34. The lowest BCUT2D eigenvalue weighted by Gasteiger charge is -2.04. The van der Waals surface area contributed by atoms with Crippen LogP contribution in [0.3, 0.4) is 0 Å². The molecule has 0 rings (SSSR count). The number of ether oxygens (including phenoxy) is 1. The Hall–Kier alpha value is -0.160. The van der Waals surface area contributed by atoms with E-state index in [1.807, 2.05) is 19.0 Å². The minimum Gasteiger partial charge on any atom is -0.369 e. The summed E-state index contributed by atoms with van der Waals surface area (Å²) in [5.41, 5.74) is 2.62. The summed E-state index contributed by atoms with van der Waals surface area (Å²) in [6.45, 7) is 5.88. The van der Waals surface area contributed by atoms with Crippen LogP contribution in [0.1, 0.15) is 20.3 Å². The molecule has 0 bridgehead atoms. The standard InChI is InChI=1S/C6H15NO.C4H11NO/c1-6(2)4-5-8-7-3;1-5(2)4-6-3/h6-7H,4-5H2,1-3H3;4H2,1-3H3. The number of hydroxylamine groups is 1. The van der Waals surface area contributed by atoms with Crippen molar-refractivity contribution >= 4 is 0 Å². The molecule has 0 saturated heterocycles. The Labute approximate surface area is 88.5 Å². The Balaban J connectivity index is 0. The highest BCUT2D eigenvalue weighted by molar-refractivity contribution is 4.40. The fraction of sp³-hybridized carbons (Fsp3) is 1.00. The highest BCUT2D eigenvalue weighted by Crippen LogP contribution is 1.96. The molecule has 4 heteroatoms. The normalized spacial score (nSPS) is 10.3. The fourth-order valence-corrected chi connectivity index (χ4v) is 0.655. The van der Waals surface area contributed by atoms with Crippen molar-refractivity contribution in [3.8, 4) is 0 Å². The first-order valence-corrected chi connectivity index (χ1v) is 4.96. The Morgan fingerprint density at radius 1 is 1.29 bits per heavy atom. The molecule has 0 amide bonds. The SMILES string of the molecule is CNOCCC(C)C.COCN(C)C. The van der Waals surface area contributed by atoms with Crippen LogP contribution in [0.4, 0.5) is 0 Å². The van der Waals surface area contributed by atoms with Gasteiger partial charge in [-0.05, 0) is 26.4 Å². The third kappa shape index (κ3) is 22.6. The molecule has 0 atom stereocenters. The topological polar surface area (TPSA) is 33.7 Å². The summed E-state index contributed by atoms with van der Waals surface area (Å²) in [5.74, 6) is 0.739. The second-order valence-corrected chi connectivity index (χ2v) is 3.73. The molecule has 88 valence electrons. The van der Waals surface area contributed by atoms with E-state index in [0.717, 1.165) is 18.9 Å². The molecule has 0 aromatic rings. The van der Waals surface area contributed by atoms with E-state index in [4.69, 9.17) is 9.57 Å². The lowest BCUT2D eigenvalue weighted by atomic mass is 10.1. The van der Waals surface area contributed by atoms with E-state index in [1.165, 1.54) is 0 Å². The van der Waals surface area contributed by atoms with Crippen molar-refractivity contribution in [1.82, 2.24) is 10.4 Å². The van der Waals surface area contributed by atoms with E-state index in [0.29, 0.717) is 6.73 Å². The maximum Gasteiger partial charge on any atom is 0.0981 e. The number of methoxy groups -OCH3 is 1. The molecule has 0 saturated carbocycles. The molecule has 0 aliphatic carbocycles. The molecular weight excluding hydrogens is 180 g/mol. The molecule has 0 aromatic carbocycles. The summed E-state index contributed by atoms with van der Waals surface area (Å²) in [5, 5.41) is 0. The van der Waals surface area contributed by atoms with Crippen molar-refractivity contribution in [1.29, 1.82) is 0 Å². The Morgan fingerprint density at radius 2 is 1.86 bits per heavy atom. The van der Waals surface area contributed by atoms with Gasteiger partial charge in [0.15, 0.2) is 0 Å². The van der Waals surface area contributed by atoms with Crippen LogP contribution in [0.25, 0.3) is 0 Å². The maximum absolute atomic E-state index is 4.89. The number of nitrogens with one attached hydrogen (secondary N) is 1. The molecule has 4 nitrogen and oxygen atoms in total. The predicted molar refractivity (Wildman–Crippen MR) is 60.0 cm³/mol. The molecule has 0 fully saturated rings. The minimum atomic E-state index is 0.708. The number of hydrogen-bond acceptors (Lipinski definition) is 4. The summed E-state index contributed by atoms with van der Waals surface area (Å²) < 4.78 is 4.73. The number of nitrogens with zero attached hydrogens (tertiary/aromatic N) is 1. The van der Waals surface area contributed by atoms with Gasteiger partial charge in [0.2, 0.25) is 0 Å². The van der Waals surface area contributed by atoms with Crippen LogP contribution in [0, 0.1) is 5.92 Å². The van der Waals surface area contributed by atoms with Crippen molar-refractivity contribution in [2.24, 2.45) is 5.92 Å². The van der Waals surface area contributed by atoms with Gasteiger partial charge in [0.05, 0.1) is 13.3 Å². The van der Waals surface area contributed by atoms with Gasteiger partial charge in [0, 0.05) is 14.2 Å². The Kier molecular flexibility index (Phi) is 14.9. The minimum absolute atomic E-state index is 0.708. The number of rotatable bonds is 6. The first kappa shape index (κ1) is 16.3. The van der Waals surface area contributed by atoms with Gasteiger partial charge in [-0.1, -0.05) is 13.8 Å². The Morgan fingerprint density at radius 3 is 2.07 bits per heavy atom. The molecule has 0 radical (unpaired) electrons. The lowest BCUT2D eigenvalue weighted by molar-refractivity contribution is 0.0506. The third-order valence-corrected chi connectivity index (χ3v) is 1.33. The van der Waals surface area contributed by atoms with Crippen LogP contribution < -0.4 is 5.48 Å². The van der Waals surface area contributed by atoms with Crippen molar-refractivity contribution in [2.45, 2.75) is 20.3 Å². The largest absolute Gasteiger partial charge is 0.369 e. The zero-order chi connectivity index (χ0) is 11.4. The van der Waals surface area contributed by atoms with Gasteiger partial charge in [0.25, 0.3) is 0 Å². The molecule has 14 heavy (non-hydrogen) atoms. The molecule has 0 spiro atoms. The average molecular weight is 206 g/mol. The van der Waals surface area contributed by atoms with Gasteiger partial charge >= 0.3 is 0 Å². The van der Waals surface area contributed by atoms with Crippen LogP contribution in [-0.2, 0) is 9.57 Å². The van der Waals surface area contributed by atoms with E-state index < -0.39 is 0 Å². The molecule has 0 heterocycles. The zero-order valence-corrected chi connectivity index (χ0v) is 10.5. The zero-order valence-electron chi connectivity index (χ0n) is 10.5. The van der Waals surface area contributed by atoms with Crippen molar-refractivity contribution < 1.29 is 9.57 Å². The summed E-state index contributed by atoms with van der Waals surface area (Å²) in [4.78, 5) is 6.85. The molecule has 0 aliphatic heterocycles. The van der Waals surface area contributed by atoms with Gasteiger partial charge in [-0.3, -0.25) is 4.90 Å². The summed E-state index contributed by atoms with van der Waals surface area (Å²) in [6, 6.07) is 0. The second-order valence-electron chi connectivity index (χ2n) is 3.73. The monoisotopic (exact) mass is 206 g/mol. The van der Waals surface area contributed by atoms with E-state index in [1.54, 1.807) is 14.2 Å². The summed E-state index contributed by atoms with van der Waals surface area (Å²) in [7, 11) is 7.38.